The number of amides is 2. The number of aryl methyl sites for hydroxylation is 3. The van der Waals surface area contributed by atoms with Crippen molar-refractivity contribution in [1.82, 2.24) is 20.7 Å². The van der Waals surface area contributed by atoms with E-state index in [4.69, 9.17) is 9.94 Å². The van der Waals surface area contributed by atoms with E-state index in [2.05, 4.69) is 52.1 Å². The molecule has 2 heterocycles. The van der Waals surface area contributed by atoms with Crippen molar-refractivity contribution >= 4 is 17.5 Å². The molecule has 0 bridgehead atoms. The highest BCUT2D eigenvalue weighted by Crippen LogP contribution is 2.29. The molecular weight excluding hydrogens is 530 g/mol. The molecule has 42 heavy (non-hydrogen) atoms. The number of piperidine rings is 1. The Morgan fingerprint density at radius 2 is 1.71 bits per heavy atom. The summed E-state index contributed by atoms with van der Waals surface area (Å²) >= 11 is 0. The molecule has 2 aromatic carbocycles. The minimum atomic E-state index is -0.593. The van der Waals surface area contributed by atoms with E-state index in [1.165, 1.54) is 16.8 Å². The van der Waals surface area contributed by atoms with E-state index in [1.54, 1.807) is 38.6 Å². The Morgan fingerprint density at radius 3 is 2.31 bits per heavy atom. The van der Waals surface area contributed by atoms with Crippen molar-refractivity contribution in [3.63, 3.8) is 0 Å². The maximum absolute atomic E-state index is 13.0. The van der Waals surface area contributed by atoms with Crippen molar-refractivity contribution in [2.75, 3.05) is 31.6 Å². The molecule has 1 aliphatic heterocycles. The number of hydrogen-bond donors (Lipinski definition) is 3. The van der Waals surface area contributed by atoms with E-state index in [0.29, 0.717) is 40.9 Å². The normalized spacial score (nSPS) is 14.7. The summed E-state index contributed by atoms with van der Waals surface area (Å²) < 4.78 is 5.39. The summed E-state index contributed by atoms with van der Waals surface area (Å²) in [5.41, 5.74) is 7.59. The first-order valence-corrected chi connectivity index (χ1v) is 14.6. The number of carbonyl (C=O) groups excluding carboxylic acids is 2. The number of hydrogen-bond acceptors (Lipinski definition) is 7. The Morgan fingerprint density at radius 1 is 1.05 bits per heavy atom. The molecule has 1 fully saturated rings. The minimum absolute atomic E-state index is 0.146. The molecular formula is C33H43N5O4. The standard InChI is InChI=1S/C33H43N5O4/c1-22-10-14-34-20-27(22)21-38(28-6-8-30(42-5)9-7-28)29-12-16-37(17-13-29)25(4)11-15-35-33(40)31-23(2)18-26(19-24(31)3)32(39)36-41/h6-10,14,18-20,25,29,41H,11-13,15-17,21H2,1-5H3,(H,35,40)(H,36,39)/t25-/m1/s1. The summed E-state index contributed by atoms with van der Waals surface area (Å²) in [6.45, 7) is 11.3. The highest BCUT2D eigenvalue weighted by Gasteiger charge is 2.28. The van der Waals surface area contributed by atoms with Gasteiger partial charge in [0.25, 0.3) is 11.8 Å². The molecule has 0 radical (unpaired) electrons. The Bertz CT molecular complexity index is 1350. The van der Waals surface area contributed by atoms with Gasteiger partial charge >= 0.3 is 0 Å². The second-order valence-corrected chi connectivity index (χ2v) is 11.2. The van der Waals surface area contributed by atoms with Crippen molar-refractivity contribution in [1.29, 1.82) is 0 Å². The lowest BCUT2D eigenvalue weighted by Crippen LogP contribution is -2.48. The van der Waals surface area contributed by atoms with E-state index in [9.17, 15) is 9.59 Å². The molecule has 224 valence electrons. The number of nitrogens with one attached hydrogen (secondary N) is 2. The first kappa shape index (κ1) is 31.0. The van der Waals surface area contributed by atoms with Crippen molar-refractivity contribution in [3.05, 3.63) is 88.2 Å². The monoisotopic (exact) mass is 573 g/mol. The third kappa shape index (κ3) is 7.46. The second-order valence-electron chi connectivity index (χ2n) is 11.2. The summed E-state index contributed by atoms with van der Waals surface area (Å²) in [6, 6.07) is 14.4. The zero-order chi connectivity index (χ0) is 30.2. The third-order valence-corrected chi connectivity index (χ3v) is 8.43. The van der Waals surface area contributed by atoms with Gasteiger partial charge in [0.2, 0.25) is 0 Å². The lowest BCUT2D eigenvalue weighted by molar-refractivity contribution is 0.0705. The van der Waals surface area contributed by atoms with Crippen molar-refractivity contribution in [2.24, 2.45) is 0 Å². The van der Waals surface area contributed by atoms with Crippen LogP contribution in [-0.4, -0.2) is 65.7 Å². The SMILES string of the molecule is COc1ccc(N(Cc2cnccc2C)C2CCN([C@H](C)CCNC(=O)c3c(C)cc(C(=O)NO)cc3C)CC2)cc1. The van der Waals surface area contributed by atoms with Crippen molar-refractivity contribution in [2.45, 2.75) is 65.6 Å². The lowest BCUT2D eigenvalue weighted by atomic mass is 9.98. The molecule has 4 rings (SSSR count). The number of aromatic nitrogens is 1. The van der Waals surface area contributed by atoms with Gasteiger partial charge in [-0.05, 0) is 112 Å². The summed E-state index contributed by atoms with van der Waals surface area (Å²) in [6.07, 6.45) is 6.76. The van der Waals surface area contributed by atoms with E-state index >= 15 is 0 Å². The molecule has 9 nitrogen and oxygen atoms in total. The van der Waals surface area contributed by atoms with Gasteiger partial charge < -0.3 is 19.9 Å². The molecule has 1 atom stereocenters. The van der Waals surface area contributed by atoms with Crippen molar-refractivity contribution < 1.29 is 19.5 Å². The molecule has 1 aliphatic rings. The quantitative estimate of drug-likeness (QED) is 0.223. The molecule has 3 N–H and O–H groups in total. The van der Waals surface area contributed by atoms with Gasteiger partial charge in [-0.25, -0.2) is 5.48 Å². The largest absolute Gasteiger partial charge is 0.497 e. The minimum Gasteiger partial charge on any atom is -0.497 e. The van der Waals surface area contributed by atoms with Crippen LogP contribution in [0.25, 0.3) is 0 Å². The number of ether oxygens (including phenoxy) is 1. The van der Waals surface area contributed by atoms with Gasteiger partial charge in [0.1, 0.15) is 5.75 Å². The number of hydroxylamine groups is 1. The summed E-state index contributed by atoms with van der Waals surface area (Å²) in [5, 5.41) is 12.0. The number of rotatable bonds is 11. The predicted molar refractivity (Wildman–Crippen MR) is 164 cm³/mol. The van der Waals surface area contributed by atoms with E-state index in [1.807, 2.05) is 24.5 Å². The van der Waals surface area contributed by atoms with Crippen LogP contribution in [0.3, 0.4) is 0 Å². The molecule has 0 unspecified atom stereocenters. The highest BCUT2D eigenvalue weighted by molar-refractivity contribution is 6.00. The van der Waals surface area contributed by atoms with Gasteiger partial charge in [0, 0.05) is 67.5 Å². The average molecular weight is 574 g/mol. The summed E-state index contributed by atoms with van der Waals surface area (Å²) in [7, 11) is 1.69. The van der Waals surface area contributed by atoms with Crippen LogP contribution in [0.1, 0.15) is 69.2 Å². The van der Waals surface area contributed by atoms with Crippen LogP contribution in [0, 0.1) is 20.8 Å². The van der Waals surface area contributed by atoms with Gasteiger partial charge in [-0.15, -0.1) is 0 Å². The fourth-order valence-corrected chi connectivity index (χ4v) is 5.87. The Hall–Kier alpha value is -3.95. The second kappa shape index (κ2) is 14.3. The van der Waals surface area contributed by atoms with Crippen LogP contribution < -0.4 is 20.4 Å². The maximum Gasteiger partial charge on any atom is 0.274 e. The van der Waals surface area contributed by atoms with Gasteiger partial charge in [0.15, 0.2) is 0 Å². The molecule has 3 aromatic rings. The zero-order valence-corrected chi connectivity index (χ0v) is 25.3. The first-order chi connectivity index (χ1) is 20.2. The first-order valence-electron chi connectivity index (χ1n) is 14.6. The molecule has 2 amide bonds. The number of pyridine rings is 1. The number of anilines is 1. The van der Waals surface area contributed by atoms with E-state index < -0.39 is 5.91 Å². The molecule has 1 saturated heterocycles. The molecule has 1 aromatic heterocycles. The topological polar surface area (TPSA) is 107 Å². The van der Waals surface area contributed by atoms with Crippen LogP contribution in [0.2, 0.25) is 0 Å². The van der Waals surface area contributed by atoms with Crippen molar-refractivity contribution in [3.8, 4) is 5.75 Å². The Balaban J connectivity index is 1.33. The van der Waals surface area contributed by atoms with Gasteiger partial charge in [-0.2, -0.15) is 0 Å². The lowest BCUT2D eigenvalue weighted by Gasteiger charge is -2.42. The maximum atomic E-state index is 13.0. The third-order valence-electron chi connectivity index (χ3n) is 8.43. The predicted octanol–water partition coefficient (Wildman–Crippen LogP) is 4.81. The van der Waals surface area contributed by atoms with Gasteiger partial charge in [-0.3, -0.25) is 19.8 Å². The number of likely N-dealkylation sites (tertiary alicyclic amines) is 1. The number of benzene rings is 2. The van der Waals surface area contributed by atoms with Crippen LogP contribution in [-0.2, 0) is 6.54 Å². The molecule has 0 saturated carbocycles. The Kier molecular flexibility index (Phi) is 10.5. The van der Waals surface area contributed by atoms with Crippen LogP contribution in [0.5, 0.6) is 5.75 Å². The average Bonchev–Trinajstić information content (AvgIpc) is 3.00. The molecule has 9 heteroatoms. The number of nitrogens with zero attached hydrogens (tertiary/aromatic N) is 3. The number of methoxy groups -OCH3 is 1. The van der Waals surface area contributed by atoms with E-state index in [-0.39, 0.29) is 5.91 Å². The van der Waals surface area contributed by atoms with Crippen LogP contribution in [0.4, 0.5) is 5.69 Å². The fraction of sp³-hybridized carbons (Fsp3) is 0.424. The zero-order valence-electron chi connectivity index (χ0n) is 25.3. The number of carbonyl (C=O) groups is 2. The van der Waals surface area contributed by atoms with E-state index in [0.717, 1.165) is 44.6 Å². The molecule has 0 spiro atoms. The smallest absolute Gasteiger partial charge is 0.274 e. The van der Waals surface area contributed by atoms with Gasteiger partial charge in [-0.1, -0.05) is 0 Å². The fourth-order valence-electron chi connectivity index (χ4n) is 5.87. The van der Waals surface area contributed by atoms with Crippen LogP contribution in [0.15, 0.2) is 54.9 Å². The summed E-state index contributed by atoms with van der Waals surface area (Å²) in [4.78, 5) is 34.1. The van der Waals surface area contributed by atoms with Crippen LogP contribution >= 0.6 is 0 Å². The summed E-state index contributed by atoms with van der Waals surface area (Å²) in [5.74, 6) is 0.112. The Labute approximate surface area is 248 Å². The molecule has 0 aliphatic carbocycles. The van der Waals surface area contributed by atoms with Gasteiger partial charge in [0.05, 0.1) is 7.11 Å². The highest BCUT2D eigenvalue weighted by atomic mass is 16.5.